The molecule has 0 radical (unpaired) electrons. The molecule has 2 heteroatoms. The summed E-state index contributed by atoms with van der Waals surface area (Å²) in [5.41, 5.74) is 3.69. The first-order valence-corrected chi connectivity index (χ1v) is 6.00. The van der Waals surface area contributed by atoms with Gasteiger partial charge in [0.1, 0.15) is 0 Å². The van der Waals surface area contributed by atoms with Gasteiger partial charge in [-0.1, -0.05) is 47.1 Å². The third kappa shape index (κ3) is 3.18. The molecular weight excluding hydrogens is 250 g/mol. The van der Waals surface area contributed by atoms with Crippen molar-refractivity contribution in [1.82, 2.24) is 5.32 Å². The maximum absolute atomic E-state index is 4.03. The average Bonchev–Trinajstić information content (AvgIpc) is 2.18. The summed E-state index contributed by atoms with van der Waals surface area (Å²) >= 11 is 3.51. The zero-order chi connectivity index (χ0) is 11.4. The first-order valence-electron chi connectivity index (χ1n) is 5.21. The van der Waals surface area contributed by atoms with E-state index in [2.05, 4.69) is 66.8 Å². The first-order chi connectivity index (χ1) is 7.06. The van der Waals surface area contributed by atoms with Gasteiger partial charge in [-0.05, 0) is 37.6 Å². The summed E-state index contributed by atoms with van der Waals surface area (Å²) in [5, 5.41) is 3.43. The molecule has 1 aromatic carbocycles. The number of aryl methyl sites for hydroxylation is 1. The Morgan fingerprint density at radius 2 is 2.20 bits per heavy atom. The lowest BCUT2D eigenvalue weighted by Gasteiger charge is -2.19. The quantitative estimate of drug-likeness (QED) is 0.814. The zero-order valence-electron chi connectivity index (χ0n) is 9.60. The van der Waals surface area contributed by atoms with Crippen LogP contribution in [0, 0.1) is 6.92 Å². The second-order valence-electron chi connectivity index (χ2n) is 3.85. The number of benzene rings is 1. The summed E-state index contributed by atoms with van der Waals surface area (Å²) in [6.45, 7) is 11.3. The number of likely N-dealkylation sites (N-methyl/N-ethyl adjacent to an activating group) is 1. The molecule has 0 spiro atoms. The molecule has 0 aliphatic heterocycles. The van der Waals surface area contributed by atoms with Crippen LogP contribution in [0.25, 0.3) is 0 Å². The highest BCUT2D eigenvalue weighted by Crippen LogP contribution is 2.24. The van der Waals surface area contributed by atoms with E-state index in [0.29, 0.717) is 0 Å². The van der Waals surface area contributed by atoms with Crippen LogP contribution in [0.2, 0.25) is 0 Å². The summed E-state index contributed by atoms with van der Waals surface area (Å²) < 4.78 is 1.16. The highest BCUT2D eigenvalue weighted by atomic mass is 79.9. The smallest absolute Gasteiger partial charge is 0.0530 e. The molecule has 1 N–H and O–H groups in total. The molecule has 1 atom stereocenters. The molecule has 0 saturated heterocycles. The number of rotatable bonds is 4. The lowest BCUT2D eigenvalue weighted by Crippen LogP contribution is -2.21. The van der Waals surface area contributed by atoms with Gasteiger partial charge in [0.25, 0.3) is 0 Å². The molecule has 0 aliphatic carbocycles. The van der Waals surface area contributed by atoms with Gasteiger partial charge in [-0.3, -0.25) is 0 Å². The molecule has 1 rings (SSSR count). The van der Waals surface area contributed by atoms with Crippen molar-refractivity contribution >= 4 is 15.9 Å². The summed E-state index contributed by atoms with van der Waals surface area (Å²) in [7, 11) is 0. The fourth-order valence-corrected chi connectivity index (χ4v) is 1.87. The number of nitrogens with one attached hydrogen (secondary N) is 1. The molecule has 1 aromatic rings. The number of halogens is 1. The highest BCUT2D eigenvalue weighted by Gasteiger charge is 2.11. The van der Waals surface area contributed by atoms with Crippen molar-refractivity contribution in [2.45, 2.75) is 26.8 Å². The van der Waals surface area contributed by atoms with Crippen molar-refractivity contribution in [1.29, 1.82) is 0 Å². The molecule has 0 fully saturated rings. The molecule has 0 bridgehead atoms. The lowest BCUT2D eigenvalue weighted by molar-refractivity contribution is 0.621. The lowest BCUT2D eigenvalue weighted by atomic mass is 9.99. The monoisotopic (exact) mass is 267 g/mol. The topological polar surface area (TPSA) is 12.0 Å². The van der Waals surface area contributed by atoms with Crippen LogP contribution >= 0.6 is 15.9 Å². The van der Waals surface area contributed by atoms with Crippen molar-refractivity contribution in [3.63, 3.8) is 0 Å². The summed E-state index contributed by atoms with van der Waals surface area (Å²) in [4.78, 5) is 0. The Morgan fingerprint density at radius 3 is 2.67 bits per heavy atom. The van der Waals surface area contributed by atoms with Crippen LogP contribution in [0.4, 0.5) is 0 Å². The van der Waals surface area contributed by atoms with Crippen LogP contribution in [0.15, 0.2) is 34.8 Å². The van der Waals surface area contributed by atoms with Crippen molar-refractivity contribution in [2.75, 3.05) is 6.54 Å². The Hall–Kier alpha value is -0.600. The number of hydrogen-bond donors (Lipinski definition) is 1. The van der Waals surface area contributed by atoms with E-state index in [0.717, 1.165) is 16.6 Å². The fraction of sp³-hybridized carbons (Fsp3) is 0.385. The van der Waals surface area contributed by atoms with Gasteiger partial charge in [0.05, 0.1) is 6.04 Å². The molecule has 15 heavy (non-hydrogen) atoms. The normalized spacial score (nSPS) is 12.5. The standard InChI is InChI=1S/C13H18BrN/c1-5-15-13(9(2)3)11-6-7-12(14)10(4)8-11/h6-8,13,15H,2,5H2,1,3-4H3. The molecule has 1 nitrogen and oxygen atoms in total. The third-order valence-electron chi connectivity index (χ3n) is 2.42. The summed E-state index contributed by atoms with van der Waals surface area (Å²) in [5.74, 6) is 0. The van der Waals surface area contributed by atoms with Gasteiger partial charge in [0.15, 0.2) is 0 Å². The second kappa shape index (κ2) is 5.47. The van der Waals surface area contributed by atoms with E-state index in [1.807, 2.05) is 0 Å². The van der Waals surface area contributed by atoms with Crippen LogP contribution in [0.5, 0.6) is 0 Å². The predicted octanol–water partition coefficient (Wildman–Crippen LogP) is 3.98. The van der Waals surface area contributed by atoms with Gasteiger partial charge in [0.2, 0.25) is 0 Å². The maximum atomic E-state index is 4.03. The molecule has 0 heterocycles. The van der Waals surface area contributed by atoms with Gasteiger partial charge in [-0.15, -0.1) is 0 Å². The zero-order valence-corrected chi connectivity index (χ0v) is 11.2. The van der Waals surface area contributed by atoms with Gasteiger partial charge in [0, 0.05) is 4.47 Å². The Labute approximate surface area is 101 Å². The molecule has 0 saturated carbocycles. The summed E-state index contributed by atoms with van der Waals surface area (Å²) in [6, 6.07) is 6.70. The summed E-state index contributed by atoms with van der Waals surface area (Å²) in [6.07, 6.45) is 0. The molecule has 1 unspecified atom stereocenters. The van der Waals surface area contributed by atoms with Gasteiger partial charge in [-0.25, -0.2) is 0 Å². The third-order valence-corrected chi connectivity index (χ3v) is 3.31. The van der Waals surface area contributed by atoms with Crippen LogP contribution in [-0.4, -0.2) is 6.54 Å². The van der Waals surface area contributed by atoms with Crippen molar-refractivity contribution in [3.05, 3.63) is 46.0 Å². The molecule has 0 aliphatic rings. The minimum absolute atomic E-state index is 0.266. The first kappa shape index (κ1) is 12.5. The molecule has 82 valence electrons. The largest absolute Gasteiger partial charge is 0.307 e. The van der Waals surface area contributed by atoms with Crippen molar-refractivity contribution in [2.24, 2.45) is 0 Å². The minimum atomic E-state index is 0.266. The maximum Gasteiger partial charge on any atom is 0.0530 e. The Kier molecular flexibility index (Phi) is 4.55. The van der Waals surface area contributed by atoms with Crippen LogP contribution in [0.3, 0.4) is 0 Å². The van der Waals surface area contributed by atoms with Crippen molar-refractivity contribution < 1.29 is 0 Å². The van der Waals surface area contributed by atoms with E-state index in [1.165, 1.54) is 11.1 Å². The highest BCUT2D eigenvalue weighted by molar-refractivity contribution is 9.10. The van der Waals surface area contributed by atoms with E-state index in [-0.39, 0.29) is 6.04 Å². The molecule has 0 aromatic heterocycles. The molecule has 0 amide bonds. The van der Waals surface area contributed by atoms with Gasteiger partial charge < -0.3 is 5.32 Å². The van der Waals surface area contributed by atoms with E-state index < -0.39 is 0 Å². The van der Waals surface area contributed by atoms with E-state index in [1.54, 1.807) is 0 Å². The SMILES string of the molecule is C=C(C)C(NCC)c1ccc(Br)c(C)c1. The Bertz CT molecular complexity index is 358. The van der Waals surface area contributed by atoms with Crippen LogP contribution in [0.1, 0.15) is 31.0 Å². The van der Waals surface area contributed by atoms with E-state index >= 15 is 0 Å². The van der Waals surface area contributed by atoms with Crippen molar-refractivity contribution in [3.8, 4) is 0 Å². The molecular formula is C13H18BrN. The minimum Gasteiger partial charge on any atom is -0.307 e. The second-order valence-corrected chi connectivity index (χ2v) is 4.70. The number of hydrogen-bond acceptors (Lipinski definition) is 1. The fourth-order valence-electron chi connectivity index (χ4n) is 1.63. The van der Waals surface area contributed by atoms with Crippen LogP contribution < -0.4 is 5.32 Å². The predicted molar refractivity (Wildman–Crippen MR) is 70.1 cm³/mol. The van der Waals surface area contributed by atoms with Gasteiger partial charge in [-0.2, -0.15) is 0 Å². The Morgan fingerprint density at radius 1 is 1.53 bits per heavy atom. The van der Waals surface area contributed by atoms with E-state index in [4.69, 9.17) is 0 Å². The van der Waals surface area contributed by atoms with Gasteiger partial charge >= 0.3 is 0 Å². The van der Waals surface area contributed by atoms with Crippen LogP contribution in [-0.2, 0) is 0 Å². The van der Waals surface area contributed by atoms with E-state index in [9.17, 15) is 0 Å². The average molecular weight is 268 g/mol. The Balaban J connectivity index is 3.01.